The third-order valence-corrected chi connectivity index (χ3v) is 3.01. The van der Waals surface area contributed by atoms with Gasteiger partial charge in [-0.05, 0) is 12.1 Å². The van der Waals surface area contributed by atoms with E-state index in [1.807, 2.05) is 18.2 Å². The molecular weight excluding hydrogens is 226 g/mol. The Labute approximate surface area is 102 Å². The van der Waals surface area contributed by atoms with Crippen LogP contribution in [0.1, 0.15) is 0 Å². The molecule has 3 heterocycles. The van der Waals surface area contributed by atoms with Gasteiger partial charge in [-0.15, -0.1) is 0 Å². The maximum absolute atomic E-state index is 4.30. The smallest absolute Gasteiger partial charge is 0.135 e. The number of hydrogen-bond donors (Lipinski definition) is 2. The molecule has 0 radical (unpaired) electrons. The Balaban J connectivity index is 2.01. The summed E-state index contributed by atoms with van der Waals surface area (Å²) >= 11 is 0. The Bertz CT molecular complexity index is 809. The van der Waals surface area contributed by atoms with Crippen molar-refractivity contribution in [2.24, 2.45) is 0 Å². The molecule has 0 aliphatic rings. The molecule has 4 rings (SSSR count). The fourth-order valence-electron chi connectivity index (χ4n) is 2.16. The number of H-pyrrole nitrogens is 2. The lowest BCUT2D eigenvalue weighted by atomic mass is 10.2. The van der Waals surface area contributed by atoms with Crippen LogP contribution in [0.2, 0.25) is 0 Å². The minimum absolute atomic E-state index is 0.823. The standard InChI is InChI=1S/C13H9N5/c1-2-4-9-8(3-1)5-10(16-9)13-12-11(17-18-13)6-14-7-15-12/h1-7,16H,(H,17,18). The molecule has 3 aromatic heterocycles. The van der Waals surface area contributed by atoms with Gasteiger partial charge in [-0.2, -0.15) is 5.10 Å². The SMILES string of the molecule is c1ccc2[nH]c(-c3n[nH]c4cncnc34)cc2c1. The molecule has 0 amide bonds. The van der Waals surface area contributed by atoms with Crippen LogP contribution in [0.3, 0.4) is 0 Å². The van der Waals surface area contributed by atoms with Crippen LogP contribution < -0.4 is 0 Å². The average Bonchev–Trinajstić information content (AvgIpc) is 3.02. The van der Waals surface area contributed by atoms with E-state index < -0.39 is 0 Å². The Kier molecular flexibility index (Phi) is 1.77. The minimum atomic E-state index is 0.823. The summed E-state index contributed by atoms with van der Waals surface area (Å²) < 4.78 is 0. The summed E-state index contributed by atoms with van der Waals surface area (Å²) in [5.41, 5.74) is 4.55. The fourth-order valence-corrected chi connectivity index (χ4v) is 2.16. The highest BCUT2D eigenvalue weighted by atomic mass is 15.1. The largest absolute Gasteiger partial charge is 0.353 e. The third kappa shape index (κ3) is 1.24. The lowest BCUT2D eigenvalue weighted by molar-refractivity contribution is 1.11. The first-order valence-corrected chi connectivity index (χ1v) is 5.64. The van der Waals surface area contributed by atoms with E-state index in [4.69, 9.17) is 0 Å². The Hall–Kier alpha value is -2.69. The predicted octanol–water partition coefficient (Wildman–Crippen LogP) is 2.50. The number of rotatable bonds is 1. The summed E-state index contributed by atoms with van der Waals surface area (Å²) in [4.78, 5) is 11.6. The molecule has 0 aliphatic heterocycles. The number of nitrogens with zero attached hydrogens (tertiary/aromatic N) is 3. The van der Waals surface area contributed by atoms with Crippen LogP contribution in [0.4, 0.5) is 0 Å². The maximum Gasteiger partial charge on any atom is 0.135 e. The van der Waals surface area contributed by atoms with Gasteiger partial charge in [0, 0.05) is 10.9 Å². The summed E-state index contributed by atoms with van der Waals surface area (Å²) in [5.74, 6) is 0. The Morgan fingerprint density at radius 2 is 2.00 bits per heavy atom. The summed E-state index contributed by atoms with van der Waals surface area (Å²) in [6, 6.07) is 10.2. The molecule has 0 fully saturated rings. The maximum atomic E-state index is 4.30. The number of benzene rings is 1. The summed E-state index contributed by atoms with van der Waals surface area (Å²) in [5, 5.41) is 8.40. The molecule has 86 valence electrons. The quantitative estimate of drug-likeness (QED) is 0.532. The van der Waals surface area contributed by atoms with E-state index in [9.17, 15) is 0 Å². The van der Waals surface area contributed by atoms with Crippen molar-refractivity contribution in [3.63, 3.8) is 0 Å². The molecule has 0 spiro atoms. The molecule has 0 atom stereocenters. The van der Waals surface area contributed by atoms with Crippen LogP contribution >= 0.6 is 0 Å². The molecule has 0 saturated carbocycles. The molecule has 0 saturated heterocycles. The highest BCUT2D eigenvalue weighted by Gasteiger charge is 2.11. The second kappa shape index (κ2) is 3.40. The first-order valence-electron chi connectivity index (χ1n) is 5.64. The molecule has 1 aromatic carbocycles. The molecule has 5 nitrogen and oxygen atoms in total. The molecular formula is C13H9N5. The van der Waals surface area contributed by atoms with Crippen LogP contribution in [-0.4, -0.2) is 25.1 Å². The average molecular weight is 235 g/mol. The summed E-state index contributed by atoms with van der Waals surface area (Å²) in [7, 11) is 0. The minimum Gasteiger partial charge on any atom is -0.353 e. The Morgan fingerprint density at radius 1 is 1.06 bits per heavy atom. The molecule has 2 N–H and O–H groups in total. The van der Waals surface area contributed by atoms with Gasteiger partial charge in [-0.25, -0.2) is 9.97 Å². The molecule has 18 heavy (non-hydrogen) atoms. The first kappa shape index (κ1) is 9.35. The van der Waals surface area contributed by atoms with Crippen LogP contribution in [-0.2, 0) is 0 Å². The number of nitrogens with one attached hydrogen (secondary N) is 2. The lowest BCUT2D eigenvalue weighted by Gasteiger charge is -1.91. The van der Waals surface area contributed by atoms with E-state index in [1.165, 1.54) is 6.33 Å². The number of aromatic amines is 2. The van der Waals surface area contributed by atoms with Gasteiger partial charge in [0.15, 0.2) is 0 Å². The van der Waals surface area contributed by atoms with Gasteiger partial charge >= 0.3 is 0 Å². The van der Waals surface area contributed by atoms with Crippen molar-refractivity contribution in [2.45, 2.75) is 0 Å². The zero-order valence-corrected chi connectivity index (χ0v) is 9.38. The van der Waals surface area contributed by atoms with E-state index in [2.05, 4.69) is 37.3 Å². The third-order valence-electron chi connectivity index (χ3n) is 3.01. The highest BCUT2D eigenvalue weighted by Crippen LogP contribution is 2.26. The topological polar surface area (TPSA) is 70.2 Å². The molecule has 4 aromatic rings. The van der Waals surface area contributed by atoms with Crippen LogP contribution in [0, 0.1) is 0 Å². The van der Waals surface area contributed by atoms with Gasteiger partial charge in [-0.3, -0.25) is 5.10 Å². The zero-order chi connectivity index (χ0) is 11.9. The van der Waals surface area contributed by atoms with Crippen molar-refractivity contribution in [1.82, 2.24) is 25.1 Å². The summed E-state index contributed by atoms with van der Waals surface area (Å²) in [6.07, 6.45) is 3.26. The lowest BCUT2D eigenvalue weighted by Crippen LogP contribution is -1.81. The van der Waals surface area contributed by atoms with Crippen LogP contribution in [0.15, 0.2) is 42.9 Å². The number of para-hydroxylation sites is 1. The van der Waals surface area contributed by atoms with Crippen molar-refractivity contribution in [2.75, 3.05) is 0 Å². The van der Waals surface area contributed by atoms with Gasteiger partial charge in [0.1, 0.15) is 23.1 Å². The molecule has 5 heteroatoms. The fraction of sp³-hybridized carbons (Fsp3) is 0. The van der Waals surface area contributed by atoms with Crippen molar-refractivity contribution >= 4 is 21.9 Å². The van der Waals surface area contributed by atoms with Crippen molar-refractivity contribution in [3.05, 3.63) is 42.9 Å². The van der Waals surface area contributed by atoms with E-state index in [1.54, 1.807) is 6.20 Å². The number of aromatic nitrogens is 5. The van der Waals surface area contributed by atoms with Gasteiger partial charge in [0.05, 0.1) is 11.9 Å². The zero-order valence-electron chi connectivity index (χ0n) is 9.38. The van der Waals surface area contributed by atoms with E-state index in [0.717, 1.165) is 33.3 Å². The monoisotopic (exact) mass is 235 g/mol. The van der Waals surface area contributed by atoms with E-state index in [-0.39, 0.29) is 0 Å². The molecule has 0 unspecified atom stereocenters. The highest BCUT2D eigenvalue weighted by molar-refractivity contribution is 5.92. The molecule has 0 bridgehead atoms. The van der Waals surface area contributed by atoms with Crippen molar-refractivity contribution in [1.29, 1.82) is 0 Å². The first-order chi connectivity index (χ1) is 8.92. The molecule has 0 aliphatic carbocycles. The van der Waals surface area contributed by atoms with E-state index in [0.29, 0.717) is 0 Å². The van der Waals surface area contributed by atoms with Gasteiger partial charge in [0.25, 0.3) is 0 Å². The number of hydrogen-bond acceptors (Lipinski definition) is 3. The second-order valence-corrected chi connectivity index (χ2v) is 4.13. The summed E-state index contributed by atoms with van der Waals surface area (Å²) in [6.45, 7) is 0. The van der Waals surface area contributed by atoms with E-state index >= 15 is 0 Å². The predicted molar refractivity (Wildman–Crippen MR) is 69.0 cm³/mol. The van der Waals surface area contributed by atoms with Crippen LogP contribution in [0.5, 0.6) is 0 Å². The number of fused-ring (bicyclic) bond motifs is 2. The van der Waals surface area contributed by atoms with Gasteiger partial charge in [-0.1, -0.05) is 18.2 Å². The van der Waals surface area contributed by atoms with Gasteiger partial charge in [0.2, 0.25) is 0 Å². The van der Waals surface area contributed by atoms with Crippen molar-refractivity contribution in [3.8, 4) is 11.4 Å². The van der Waals surface area contributed by atoms with Crippen LogP contribution in [0.25, 0.3) is 33.3 Å². The Morgan fingerprint density at radius 3 is 2.94 bits per heavy atom. The van der Waals surface area contributed by atoms with Gasteiger partial charge < -0.3 is 4.98 Å². The normalized spacial score (nSPS) is 11.3. The second-order valence-electron chi connectivity index (χ2n) is 4.13. The van der Waals surface area contributed by atoms with Crippen molar-refractivity contribution < 1.29 is 0 Å².